The van der Waals surface area contributed by atoms with Gasteiger partial charge >= 0.3 is 7.48 Å². The summed E-state index contributed by atoms with van der Waals surface area (Å²) >= 11 is 0. The standard InChI is InChI=1S/C30H30BNO2/c1-29(2,33)30(3,4)34-31-23-18-16-21(17-19-23)22-10-9-11-24(20-22)32-27-14-7-5-12-25(27)26-13-6-8-15-28(26)32/h5-20,31,33H,1-4H3. The van der Waals surface area contributed by atoms with Crippen molar-refractivity contribution in [2.45, 2.75) is 38.9 Å². The second-order valence-electron chi connectivity index (χ2n) is 9.97. The van der Waals surface area contributed by atoms with Crippen molar-refractivity contribution in [3.05, 3.63) is 97.1 Å². The van der Waals surface area contributed by atoms with E-state index in [0.29, 0.717) is 7.48 Å². The molecule has 1 N–H and O–H groups in total. The minimum Gasteiger partial charge on any atom is -0.427 e. The molecule has 0 amide bonds. The van der Waals surface area contributed by atoms with Crippen molar-refractivity contribution in [3.8, 4) is 16.8 Å². The molecule has 0 unspecified atom stereocenters. The molecule has 1 aromatic heterocycles. The summed E-state index contributed by atoms with van der Waals surface area (Å²) in [7, 11) is 0.457. The Morgan fingerprint density at radius 1 is 0.676 bits per heavy atom. The molecule has 0 bridgehead atoms. The van der Waals surface area contributed by atoms with Crippen molar-refractivity contribution in [1.29, 1.82) is 0 Å². The summed E-state index contributed by atoms with van der Waals surface area (Å²) in [6.07, 6.45) is 0. The van der Waals surface area contributed by atoms with Crippen molar-refractivity contribution in [3.63, 3.8) is 0 Å². The zero-order valence-electron chi connectivity index (χ0n) is 20.2. The molecule has 0 spiro atoms. The quantitative estimate of drug-likeness (QED) is 0.324. The van der Waals surface area contributed by atoms with E-state index in [1.54, 1.807) is 13.8 Å². The van der Waals surface area contributed by atoms with Crippen LogP contribution >= 0.6 is 0 Å². The fourth-order valence-corrected chi connectivity index (χ4v) is 4.26. The van der Waals surface area contributed by atoms with Crippen molar-refractivity contribution in [2.24, 2.45) is 0 Å². The van der Waals surface area contributed by atoms with Crippen LogP contribution in [0.4, 0.5) is 0 Å². The Morgan fingerprint density at radius 3 is 1.85 bits per heavy atom. The lowest BCUT2D eigenvalue weighted by Gasteiger charge is -2.37. The van der Waals surface area contributed by atoms with Gasteiger partial charge in [0, 0.05) is 16.5 Å². The van der Waals surface area contributed by atoms with Crippen LogP contribution < -0.4 is 5.46 Å². The minimum absolute atomic E-state index is 0.457. The first-order chi connectivity index (χ1) is 16.2. The molecule has 34 heavy (non-hydrogen) atoms. The monoisotopic (exact) mass is 447 g/mol. The Kier molecular flexibility index (Phi) is 5.59. The van der Waals surface area contributed by atoms with E-state index in [-0.39, 0.29) is 0 Å². The van der Waals surface area contributed by atoms with Gasteiger partial charge < -0.3 is 14.3 Å². The largest absolute Gasteiger partial charge is 0.427 e. The summed E-state index contributed by atoms with van der Waals surface area (Å²) in [5.74, 6) is 0. The van der Waals surface area contributed by atoms with Crippen molar-refractivity contribution in [1.82, 2.24) is 4.57 Å². The summed E-state index contributed by atoms with van der Waals surface area (Å²) in [5, 5.41) is 12.9. The molecule has 3 nitrogen and oxygen atoms in total. The number of rotatable bonds is 6. The molecule has 0 aliphatic carbocycles. The molecule has 5 rings (SSSR count). The molecule has 0 aliphatic heterocycles. The summed E-state index contributed by atoms with van der Waals surface area (Å²) in [6.45, 7) is 7.39. The van der Waals surface area contributed by atoms with Gasteiger partial charge in [-0.25, -0.2) is 0 Å². The van der Waals surface area contributed by atoms with Crippen molar-refractivity contribution in [2.75, 3.05) is 0 Å². The van der Waals surface area contributed by atoms with Crippen LogP contribution in [0, 0.1) is 0 Å². The normalized spacial score (nSPS) is 12.4. The zero-order valence-corrected chi connectivity index (χ0v) is 20.2. The van der Waals surface area contributed by atoms with E-state index in [4.69, 9.17) is 4.65 Å². The predicted octanol–water partition coefficient (Wildman–Crippen LogP) is 5.99. The van der Waals surface area contributed by atoms with Crippen molar-refractivity contribution < 1.29 is 9.76 Å². The van der Waals surface area contributed by atoms with E-state index in [9.17, 15) is 5.11 Å². The van der Waals surface area contributed by atoms with Gasteiger partial charge in [0.15, 0.2) is 0 Å². The number of aromatic nitrogens is 1. The minimum atomic E-state index is -0.916. The molecule has 4 heteroatoms. The van der Waals surface area contributed by atoms with Gasteiger partial charge in [-0.05, 0) is 63.1 Å². The van der Waals surface area contributed by atoms with Crippen LogP contribution in [-0.2, 0) is 4.65 Å². The number of aliphatic hydroxyl groups is 1. The highest BCUT2D eigenvalue weighted by molar-refractivity contribution is 6.47. The molecule has 0 radical (unpaired) electrons. The second-order valence-corrected chi connectivity index (χ2v) is 9.97. The molecule has 170 valence electrons. The third-order valence-electron chi connectivity index (χ3n) is 7.04. The summed E-state index contributed by atoms with van der Waals surface area (Å²) in [5.41, 5.74) is 5.43. The predicted molar refractivity (Wildman–Crippen MR) is 144 cm³/mol. The van der Waals surface area contributed by atoms with Crippen molar-refractivity contribution >= 4 is 34.8 Å². The number of hydrogen-bond donors (Lipinski definition) is 1. The molecule has 0 fully saturated rings. The van der Waals surface area contributed by atoms with Crippen LogP contribution in [0.5, 0.6) is 0 Å². The maximum atomic E-state index is 10.3. The van der Waals surface area contributed by atoms with Gasteiger partial charge in [-0.2, -0.15) is 0 Å². The van der Waals surface area contributed by atoms with Crippen LogP contribution in [0.1, 0.15) is 27.7 Å². The second kappa shape index (κ2) is 8.46. The molecule has 0 saturated heterocycles. The van der Waals surface area contributed by atoms with E-state index < -0.39 is 11.2 Å². The fraction of sp³-hybridized carbons (Fsp3) is 0.200. The first kappa shape index (κ1) is 22.5. The Balaban J connectivity index is 1.47. The summed E-state index contributed by atoms with van der Waals surface area (Å²) < 4.78 is 8.36. The molecule has 0 atom stereocenters. The Labute approximate surface area is 201 Å². The zero-order chi connectivity index (χ0) is 23.9. The molecule has 0 aliphatic rings. The molecular formula is C30H30BNO2. The average molecular weight is 447 g/mol. The van der Waals surface area contributed by atoms with Gasteiger partial charge in [-0.3, -0.25) is 0 Å². The maximum Gasteiger partial charge on any atom is 0.309 e. The summed E-state index contributed by atoms with van der Waals surface area (Å²) in [4.78, 5) is 0. The number of hydrogen-bond acceptors (Lipinski definition) is 2. The lowest BCUT2D eigenvalue weighted by molar-refractivity contribution is -0.0893. The highest BCUT2D eigenvalue weighted by Crippen LogP contribution is 2.33. The van der Waals surface area contributed by atoms with Gasteiger partial charge in [0.2, 0.25) is 0 Å². The number of fused-ring (bicyclic) bond motifs is 3. The maximum absolute atomic E-state index is 10.3. The Bertz CT molecular complexity index is 1410. The van der Waals surface area contributed by atoms with Crippen LogP contribution in [0.25, 0.3) is 38.6 Å². The third-order valence-corrected chi connectivity index (χ3v) is 7.04. The van der Waals surface area contributed by atoms with E-state index in [0.717, 1.165) is 16.7 Å². The van der Waals surface area contributed by atoms with Gasteiger partial charge in [0.1, 0.15) is 0 Å². The lowest BCUT2D eigenvalue weighted by atomic mass is 9.82. The number of benzene rings is 4. The average Bonchev–Trinajstić information content (AvgIpc) is 3.17. The van der Waals surface area contributed by atoms with Crippen LogP contribution in [0.15, 0.2) is 97.1 Å². The first-order valence-corrected chi connectivity index (χ1v) is 11.8. The van der Waals surface area contributed by atoms with Crippen LogP contribution in [0.2, 0.25) is 0 Å². The lowest BCUT2D eigenvalue weighted by Crippen LogP contribution is -2.49. The highest BCUT2D eigenvalue weighted by Gasteiger charge is 2.35. The van der Waals surface area contributed by atoms with Crippen LogP contribution in [-0.4, -0.2) is 28.4 Å². The SMILES string of the molecule is CC(C)(O)C(C)(C)OBc1ccc(-c2cccc(-n3c4ccccc4c4ccccc43)c2)cc1. The number of para-hydroxylation sites is 2. The van der Waals surface area contributed by atoms with Gasteiger partial charge in [-0.15, -0.1) is 0 Å². The van der Waals surface area contributed by atoms with E-state index in [1.165, 1.54) is 27.4 Å². The Hall–Kier alpha value is -3.34. The number of nitrogens with zero attached hydrogens (tertiary/aromatic N) is 1. The van der Waals surface area contributed by atoms with E-state index >= 15 is 0 Å². The highest BCUT2D eigenvalue weighted by atomic mass is 16.5. The molecule has 4 aromatic carbocycles. The van der Waals surface area contributed by atoms with E-state index in [2.05, 4.69) is 102 Å². The van der Waals surface area contributed by atoms with Gasteiger partial charge in [0.25, 0.3) is 0 Å². The van der Waals surface area contributed by atoms with Crippen LogP contribution in [0.3, 0.4) is 0 Å². The molecular weight excluding hydrogens is 417 g/mol. The molecule has 1 heterocycles. The topological polar surface area (TPSA) is 34.4 Å². The van der Waals surface area contributed by atoms with E-state index in [1.807, 2.05) is 13.8 Å². The first-order valence-electron chi connectivity index (χ1n) is 11.8. The van der Waals surface area contributed by atoms with Gasteiger partial charge in [-0.1, -0.05) is 78.3 Å². The third kappa shape index (κ3) is 4.04. The smallest absolute Gasteiger partial charge is 0.309 e. The summed E-state index contributed by atoms with van der Waals surface area (Å²) in [6, 6.07) is 34.3. The fourth-order valence-electron chi connectivity index (χ4n) is 4.26. The Morgan fingerprint density at radius 2 is 1.26 bits per heavy atom. The van der Waals surface area contributed by atoms with Gasteiger partial charge in [0.05, 0.1) is 22.2 Å². The molecule has 0 saturated carbocycles. The molecule has 5 aromatic rings.